The Bertz CT molecular complexity index is 901. The van der Waals surface area contributed by atoms with E-state index in [0.29, 0.717) is 4.31 Å². The van der Waals surface area contributed by atoms with Gasteiger partial charge in [0.25, 0.3) is 5.91 Å². The molecule has 0 radical (unpaired) electrons. The second kappa shape index (κ2) is 4.66. The van der Waals surface area contributed by atoms with Crippen molar-refractivity contribution in [3.05, 3.63) is 17.9 Å². The molecule has 1 aliphatic heterocycles. The van der Waals surface area contributed by atoms with Gasteiger partial charge in [0.05, 0.1) is 5.52 Å². The summed E-state index contributed by atoms with van der Waals surface area (Å²) in [7, 11) is -2.68. The first-order valence-corrected chi connectivity index (χ1v) is 7.47. The molecule has 9 nitrogen and oxygen atoms in total. The Labute approximate surface area is 123 Å². The van der Waals surface area contributed by atoms with E-state index >= 15 is 0 Å². The van der Waals surface area contributed by atoms with Crippen molar-refractivity contribution in [1.29, 1.82) is 0 Å². The van der Waals surface area contributed by atoms with Crippen LogP contribution in [0.25, 0.3) is 10.9 Å². The van der Waals surface area contributed by atoms with Gasteiger partial charge in [0.2, 0.25) is 0 Å². The van der Waals surface area contributed by atoms with E-state index in [9.17, 15) is 22.7 Å². The number of fused-ring (bicyclic) bond motifs is 1. The largest absolute Gasteiger partial charge is 0.506 e. The summed E-state index contributed by atoms with van der Waals surface area (Å²) in [6.45, 7) is -0.615. The lowest BCUT2D eigenvalue weighted by Gasteiger charge is -2.17. The fourth-order valence-electron chi connectivity index (χ4n) is 2.13. The highest BCUT2D eigenvalue weighted by atomic mass is 32.2. The molecule has 1 aliphatic rings. The van der Waals surface area contributed by atoms with E-state index in [4.69, 9.17) is 0 Å². The number of aromatic hydroxyl groups is 1. The van der Waals surface area contributed by atoms with Crippen molar-refractivity contribution in [2.24, 2.45) is 0 Å². The molecule has 1 amide bonds. The number of amides is 1. The third-order valence-corrected chi connectivity index (χ3v) is 4.49. The molecule has 11 heteroatoms. The molecule has 22 heavy (non-hydrogen) atoms. The zero-order valence-corrected chi connectivity index (χ0v) is 12.0. The first-order chi connectivity index (χ1) is 10.3. The minimum atomic E-state index is -4.24. The Morgan fingerprint density at radius 2 is 2.14 bits per heavy atom. The number of halogens is 1. The molecular formula is C11H10FN5O4S. The lowest BCUT2D eigenvalue weighted by atomic mass is 10.1. The topological polar surface area (TPSA) is 125 Å². The highest BCUT2D eigenvalue weighted by Gasteiger charge is 2.38. The number of hydrogen-bond acceptors (Lipinski definition) is 7. The Morgan fingerprint density at radius 1 is 1.41 bits per heavy atom. The van der Waals surface area contributed by atoms with Crippen molar-refractivity contribution >= 4 is 38.5 Å². The molecule has 1 saturated heterocycles. The van der Waals surface area contributed by atoms with Crippen LogP contribution in [0, 0.1) is 5.82 Å². The van der Waals surface area contributed by atoms with Crippen molar-refractivity contribution in [1.82, 2.24) is 14.9 Å². The molecule has 0 unspecified atom stereocenters. The molecule has 1 aromatic heterocycles. The van der Waals surface area contributed by atoms with E-state index in [0.717, 1.165) is 6.07 Å². The number of hydrogen-bond donors (Lipinski definition) is 3. The average molecular weight is 327 g/mol. The smallest absolute Gasteiger partial charge is 0.326 e. The van der Waals surface area contributed by atoms with Gasteiger partial charge in [-0.3, -0.25) is 4.79 Å². The minimum absolute atomic E-state index is 0.0401. The fraction of sp³-hybridized carbons (Fsp3) is 0.182. The zero-order chi connectivity index (χ0) is 16.1. The third-order valence-electron chi connectivity index (χ3n) is 3.11. The minimum Gasteiger partial charge on any atom is -0.506 e. The number of rotatable bonds is 2. The SMILES string of the molecule is CNc1cc2c(F)c(N3CC(=O)NS3(=O)=O)c(O)cc2nn1. The van der Waals surface area contributed by atoms with E-state index in [2.05, 4.69) is 15.5 Å². The van der Waals surface area contributed by atoms with E-state index in [-0.39, 0.29) is 16.7 Å². The van der Waals surface area contributed by atoms with E-state index in [1.165, 1.54) is 6.07 Å². The molecule has 1 aromatic carbocycles. The van der Waals surface area contributed by atoms with Crippen LogP contribution < -0.4 is 14.3 Å². The summed E-state index contributed by atoms with van der Waals surface area (Å²) in [5, 5.41) is 20.0. The summed E-state index contributed by atoms with van der Waals surface area (Å²) in [5.74, 6) is -2.22. The highest BCUT2D eigenvalue weighted by Crippen LogP contribution is 2.37. The molecule has 0 spiro atoms. The number of carbonyl (C=O) groups excluding carboxylic acids is 1. The van der Waals surface area contributed by atoms with Gasteiger partial charge in [0, 0.05) is 18.5 Å². The quantitative estimate of drug-likeness (QED) is 0.691. The number of phenolic OH excluding ortho intramolecular Hbond substituents is 1. The van der Waals surface area contributed by atoms with Gasteiger partial charge in [-0.25, -0.2) is 13.4 Å². The summed E-state index contributed by atoms with van der Waals surface area (Å²) >= 11 is 0. The third kappa shape index (κ3) is 2.06. The molecule has 0 bridgehead atoms. The standard InChI is InChI=1S/C11H10FN5O4S/c1-13-8-2-5-6(14-15-8)3-7(18)11(10(5)12)17-4-9(19)16-22(17,20)21/h2-3,18H,4H2,1H3,(H,13,15)(H,16,19). The Hall–Kier alpha value is -2.69. The van der Waals surface area contributed by atoms with E-state index < -0.39 is 39.9 Å². The van der Waals surface area contributed by atoms with Crippen LogP contribution in [-0.4, -0.2) is 43.2 Å². The molecule has 3 N–H and O–H groups in total. The molecular weight excluding hydrogens is 317 g/mol. The number of nitrogens with zero attached hydrogens (tertiary/aromatic N) is 3. The second-order valence-electron chi connectivity index (χ2n) is 4.51. The predicted molar refractivity (Wildman–Crippen MR) is 75.1 cm³/mol. The number of benzene rings is 1. The maximum atomic E-state index is 14.7. The van der Waals surface area contributed by atoms with Gasteiger partial charge in [-0.15, -0.1) is 10.2 Å². The van der Waals surface area contributed by atoms with E-state index in [1.807, 2.05) is 0 Å². The van der Waals surface area contributed by atoms with Crippen molar-refractivity contribution in [2.75, 3.05) is 23.2 Å². The Balaban J connectivity index is 2.28. The molecule has 0 saturated carbocycles. The zero-order valence-electron chi connectivity index (χ0n) is 11.2. The highest BCUT2D eigenvalue weighted by molar-refractivity contribution is 7.92. The van der Waals surface area contributed by atoms with Crippen molar-refractivity contribution < 1.29 is 22.7 Å². The van der Waals surface area contributed by atoms with Crippen LogP contribution in [0.15, 0.2) is 12.1 Å². The van der Waals surface area contributed by atoms with Gasteiger partial charge < -0.3 is 10.4 Å². The van der Waals surface area contributed by atoms with Crippen molar-refractivity contribution in [2.45, 2.75) is 0 Å². The molecule has 2 aromatic rings. The number of nitrogens with one attached hydrogen (secondary N) is 2. The van der Waals surface area contributed by atoms with Gasteiger partial charge >= 0.3 is 10.2 Å². The first-order valence-electron chi connectivity index (χ1n) is 6.03. The van der Waals surface area contributed by atoms with Gasteiger partial charge in [-0.1, -0.05) is 0 Å². The van der Waals surface area contributed by atoms with Crippen LogP contribution in [0.2, 0.25) is 0 Å². The summed E-state index contributed by atoms with van der Waals surface area (Å²) < 4.78 is 40.5. The lowest BCUT2D eigenvalue weighted by molar-refractivity contribution is -0.117. The number of aromatic nitrogens is 2. The molecule has 0 atom stereocenters. The first kappa shape index (κ1) is 14.3. The van der Waals surface area contributed by atoms with Crippen molar-refractivity contribution in [3.8, 4) is 5.75 Å². The maximum absolute atomic E-state index is 14.7. The average Bonchev–Trinajstić information content (AvgIpc) is 2.71. The van der Waals surface area contributed by atoms with Crippen LogP contribution in [0.3, 0.4) is 0 Å². The fourth-order valence-corrected chi connectivity index (χ4v) is 3.29. The second-order valence-corrected chi connectivity index (χ2v) is 6.10. The van der Waals surface area contributed by atoms with E-state index in [1.54, 1.807) is 11.8 Å². The van der Waals surface area contributed by atoms with Crippen LogP contribution in [0.4, 0.5) is 15.9 Å². The predicted octanol–water partition coefficient (Wildman–Crippen LogP) is -0.303. The summed E-state index contributed by atoms with van der Waals surface area (Å²) in [6.07, 6.45) is 0. The summed E-state index contributed by atoms with van der Waals surface area (Å²) in [4.78, 5) is 11.3. The maximum Gasteiger partial charge on any atom is 0.326 e. The summed E-state index contributed by atoms with van der Waals surface area (Å²) in [5.41, 5.74) is -0.561. The van der Waals surface area contributed by atoms with Gasteiger partial charge in [0.1, 0.15) is 23.8 Å². The van der Waals surface area contributed by atoms with Crippen LogP contribution in [0.1, 0.15) is 0 Å². The monoisotopic (exact) mass is 327 g/mol. The number of phenols is 1. The molecule has 1 fully saturated rings. The summed E-state index contributed by atoms with van der Waals surface area (Å²) in [6, 6.07) is 2.40. The Kier molecular flexibility index (Phi) is 3.02. The molecule has 116 valence electrons. The number of anilines is 2. The molecule has 0 aliphatic carbocycles. The van der Waals surface area contributed by atoms with Gasteiger partial charge in [-0.05, 0) is 6.07 Å². The van der Waals surface area contributed by atoms with Gasteiger partial charge in [0.15, 0.2) is 5.82 Å². The van der Waals surface area contributed by atoms with Crippen LogP contribution in [-0.2, 0) is 15.0 Å². The normalized spacial score (nSPS) is 16.8. The van der Waals surface area contributed by atoms with Crippen LogP contribution >= 0.6 is 0 Å². The molecule has 3 rings (SSSR count). The molecule has 2 heterocycles. The van der Waals surface area contributed by atoms with Crippen LogP contribution in [0.5, 0.6) is 5.75 Å². The Morgan fingerprint density at radius 3 is 2.73 bits per heavy atom. The van der Waals surface area contributed by atoms with Gasteiger partial charge in [-0.2, -0.15) is 8.42 Å². The number of carbonyl (C=O) groups is 1. The lowest BCUT2D eigenvalue weighted by Crippen LogP contribution is -2.30. The van der Waals surface area contributed by atoms with Crippen molar-refractivity contribution in [3.63, 3.8) is 0 Å².